The van der Waals surface area contributed by atoms with Gasteiger partial charge in [0.2, 0.25) is 10.0 Å². The standard InChI is InChI=1S/C17H20N2O8S/c1-12-15(16(21)22)19(9-8-18(12)17(23)24)28(25,26)14-6-4-13(5-7-14)27-11-3-2-10-20/h4-7,12,15,20H,8-11H2,1H3,(H,21,22)(H,23,24). The molecule has 1 aromatic rings. The number of benzene rings is 1. The number of hydrogen-bond donors (Lipinski definition) is 3. The number of sulfonamides is 1. The van der Waals surface area contributed by atoms with Crippen LogP contribution in [0, 0.1) is 11.8 Å². The maximum absolute atomic E-state index is 12.9. The molecule has 2 unspecified atom stereocenters. The second-order valence-corrected chi connectivity index (χ2v) is 7.78. The van der Waals surface area contributed by atoms with Crippen molar-refractivity contribution in [1.82, 2.24) is 9.21 Å². The molecule has 2 atom stereocenters. The number of aliphatic hydroxyl groups excluding tert-OH is 1. The zero-order valence-electron chi connectivity index (χ0n) is 15.0. The van der Waals surface area contributed by atoms with Crippen molar-refractivity contribution in [1.29, 1.82) is 0 Å². The summed E-state index contributed by atoms with van der Waals surface area (Å²) in [6, 6.07) is 2.76. The van der Waals surface area contributed by atoms with Crippen LogP contribution in [-0.4, -0.2) is 83.4 Å². The molecule has 11 heteroatoms. The fraction of sp³-hybridized carbons (Fsp3) is 0.412. The molecule has 0 aromatic heterocycles. The minimum atomic E-state index is -4.17. The van der Waals surface area contributed by atoms with Crippen molar-refractivity contribution in [3.63, 3.8) is 0 Å². The van der Waals surface area contributed by atoms with E-state index in [1.807, 2.05) is 0 Å². The number of rotatable bonds is 5. The molecule has 10 nitrogen and oxygen atoms in total. The monoisotopic (exact) mass is 412 g/mol. The molecule has 1 aromatic carbocycles. The van der Waals surface area contributed by atoms with E-state index in [4.69, 9.17) is 9.84 Å². The van der Waals surface area contributed by atoms with E-state index in [-0.39, 0.29) is 31.2 Å². The molecule has 28 heavy (non-hydrogen) atoms. The molecule has 0 radical (unpaired) electrons. The first kappa shape index (κ1) is 21.5. The van der Waals surface area contributed by atoms with E-state index >= 15 is 0 Å². The topological polar surface area (TPSA) is 145 Å². The van der Waals surface area contributed by atoms with Crippen LogP contribution in [0.2, 0.25) is 0 Å². The van der Waals surface area contributed by atoms with Gasteiger partial charge >= 0.3 is 12.1 Å². The van der Waals surface area contributed by atoms with E-state index in [9.17, 15) is 28.2 Å². The second-order valence-electron chi connectivity index (χ2n) is 5.89. The number of ether oxygens (including phenoxy) is 1. The number of carbonyl (C=O) groups is 2. The Morgan fingerprint density at radius 3 is 2.36 bits per heavy atom. The van der Waals surface area contributed by atoms with Crippen LogP contribution in [0.25, 0.3) is 0 Å². The van der Waals surface area contributed by atoms with Crippen LogP contribution < -0.4 is 4.74 Å². The Labute approximate surface area is 162 Å². The molecule has 2 rings (SSSR count). The highest BCUT2D eigenvalue weighted by Gasteiger charge is 2.46. The van der Waals surface area contributed by atoms with Crippen LogP contribution >= 0.6 is 0 Å². The van der Waals surface area contributed by atoms with Gasteiger partial charge in [0.15, 0.2) is 0 Å². The second kappa shape index (κ2) is 8.92. The molecule has 1 aliphatic heterocycles. The number of piperazine rings is 1. The molecule has 3 N–H and O–H groups in total. The highest BCUT2D eigenvalue weighted by molar-refractivity contribution is 7.89. The van der Waals surface area contributed by atoms with Gasteiger partial charge in [-0.15, -0.1) is 0 Å². The third kappa shape index (κ3) is 4.53. The summed E-state index contributed by atoms with van der Waals surface area (Å²) in [7, 11) is -4.17. The van der Waals surface area contributed by atoms with Gasteiger partial charge in [0, 0.05) is 13.1 Å². The maximum Gasteiger partial charge on any atom is 0.407 e. The highest BCUT2D eigenvalue weighted by Crippen LogP contribution is 2.26. The first-order chi connectivity index (χ1) is 13.2. The smallest absolute Gasteiger partial charge is 0.407 e. The minimum Gasteiger partial charge on any atom is -0.481 e. The van der Waals surface area contributed by atoms with Crippen molar-refractivity contribution in [2.24, 2.45) is 0 Å². The van der Waals surface area contributed by atoms with E-state index < -0.39 is 34.2 Å². The van der Waals surface area contributed by atoms with Gasteiger partial charge in [-0.1, -0.05) is 11.8 Å². The fourth-order valence-corrected chi connectivity index (χ4v) is 4.54. The number of aliphatic hydroxyl groups is 1. The van der Waals surface area contributed by atoms with Gasteiger partial charge in [-0.2, -0.15) is 4.31 Å². The Hall–Kier alpha value is -2.81. The van der Waals surface area contributed by atoms with Gasteiger partial charge in [0.05, 0.1) is 10.9 Å². The van der Waals surface area contributed by atoms with Crippen LogP contribution in [-0.2, 0) is 14.8 Å². The SMILES string of the molecule is CC1C(C(=O)O)N(S(=O)(=O)c2ccc(OCC#CCO)cc2)CCN1C(=O)O. The van der Waals surface area contributed by atoms with E-state index in [1.54, 1.807) is 0 Å². The number of aliphatic carboxylic acids is 1. The zero-order chi connectivity index (χ0) is 20.9. The number of carboxylic acid groups (broad SMARTS) is 2. The molecule has 152 valence electrons. The van der Waals surface area contributed by atoms with Crippen LogP contribution in [0.5, 0.6) is 5.75 Å². The normalized spacial score (nSPS) is 20.1. The van der Waals surface area contributed by atoms with E-state index in [0.29, 0.717) is 5.75 Å². The lowest BCUT2D eigenvalue weighted by molar-refractivity contribution is -0.144. The average Bonchev–Trinajstić information content (AvgIpc) is 2.64. The molecule has 1 fully saturated rings. The Bertz CT molecular complexity index is 888. The Balaban J connectivity index is 2.25. The molecular weight excluding hydrogens is 392 g/mol. The Kier molecular flexibility index (Phi) is 6.85. The van der Waals surface area contributed by atoms with Crippen LogP contribution in [0.15, 0.2) is 29.2 Å². The summed E-state index contributed by atoms with van der Waals surface area (Å²) in [6.45, 7) is 0.676. The largest absolute Gasteiger partial charge is 0.481 e. The Morgan fingerprint density at radius 2 is 1.82 bits per heavy atom. The van der Waals surface area contributed by atoms with Gasteiger partial charge in [0.1, 0.15) is 25.0 Å². The zero-order valence-corrected chi connectivity index (χ0v) is 15.8. The van der Waals surface area contributed by atoms with Crippen LogP contribution in [0.1, 0.15) is 6.92 Å². The molecule has 1 amide bonds. The summed E-state index contributed by atoms with van der Waals surface area (Å²) in [5.41, 5.74) is 0. The maximum atomic E-state index is 12.9. The number of nitrogens with zero attached hydrogens (tertiary/aromatic N) is 2. The minimum absolute atomic E-state index is 0.0163. The molecular formula is C17H20N2O8S. The van der Waals surface area contributed by atoms with Gasteiger partial charge in [-0.3, -0.25) is 4.79 Å². The summed E-state index contributed by atoms with van der Waals surface area (Å²) >= 11 is 0. The highest BCUT2D eigenvalue weighted by atomic mass is 32.2. The predicted octanol–water partition coefficient (Wildman–Crippen LogP) is -0.113. The summed E-state index contributed by atoms with van der Waals surface area (Å²) in [5, 5.41) is 27.2. The predicted molar refractivity (Wildman–Crippen MR) is 96.3 cm³/mol. The number of amides is 1. The van der Waals surface area contributed by atoms with Gasteiger partial charge in [0.25, 0.3) is 0 Å². The lowest BCUT2D eigenvalue weighted by Gasteiger charge is -2.42. The number of carboxylic acids is 1. The van der Waals surface area contributed by atoms with Crippen molar-refractivity contribution in [2.75, 3.05) is 26.3 Å². The number of hydrogen-bond acceptors (Lipinski definition) is 6. The molecule has 1 aliphatic rings. The van der Waals surface area contributed by atoms with Crippen molar-refractivity contribution >= 4 is 22.1 Å². The summed E-state index contributed by atoms with van der Waals surface area (Å²) in [5.74, 6) is 3.88. The average molecular weight is 412 g/mol. The van der Waals surface area contributed by atoms with Crippen LogP contribution in [0.4, 0.5) is 4.79 Å². The van der Waals surface area contributed by atoms with Gasteiger partial charge < -0.3 is 25.0 Å². The van der Waals surface area contributed by atoms with Gasteiger partial charge in [-0.05, 0) is 31.2 Å². The first-order valence-corrected chi connectivity index (χ1v) is 9.67. The molecule has 0 aliphatic carbocycles. The first-order valence-electron chi connectivity index (χ1n) is 8.23. The van der Waals surface area contributed by atoms with Crippen molar-refractivity contribution in [2.45, 2.75) is 23.9 Å². The molecule has 0 saturated carbocycles. The lowest BCUT2D eigenvalue weighted by atomic mass is 10.1. The molecule has 1 heterocycles. The van der Waals surface area contributed by atoms with Gasteiger partial charge in [-0.25, -0.2) is 13.2 Å². The van der Waals surface area contributed by atoms with Crippen molar-refractivity contribution in [3.05, 3.63) is 24.3 Å². The molecule has 0 spiro atoms. The summed E-state index contributed by atoms with van der Waals surface area (Å²) in [6.07, 6.45) is -1.30. The quantitative estimate of drug-likeness (QED) is 0.568. The third-order valence-corrected chi connectivity index (χ3v) is 6.16. The fourth-order valence-electron chi connectivity index (χ4n) is 2.90. The lowest BCUT2D eigenvalue weighted by Crippen LogP contribution is -2.63. The Morgan fingerprint density at radius 1 is 1.18 bits per heavy atom. The van der Waals surface area contributed by atoms with E-state index in [2.05, 4.69) is 11.8 Å². The molecule has 1 saturated heterocycles. The summed E-state index contributed by atoms with van der Waals surface area (Å²) in [4.78, 5) is 23.7. The third-order valence-electron chi connectivity index (χ3n) is 4.26. The molecule has 0 bridgehead atoms. The van der Waals surface area contributed by atoms with Crippen molar-refractivity contribution < 1.29 is 38.1 Å². The van der Waals surface area contributed by atoms with Crippen LogP contribution in [0.3, 0.4) is 0 Å². The van der Waals surface area contributed by atoms with Crippen molar-refractivity contribution in [3.8, 4) is 17.6 Å². The van der Waals surface area contributed by atoms with E-state index in [1.165, 1.54) is 31.2 Å². The van der Waals surface area contributed by atoms with E-state index in [0.717, 1.165) is 9.21 Å². The summed E-state index contributed by atoms with van der Waals surface area (Å²) < 4.78 is 32.0.